The third-order valence-corrected chi connectivity index (χ3v) is 2.63. The lowest BCUT2D eigenvalue weighted by Gasteiger charge is -2.09. The van der Waals surface area contributed by atoms with Gasteiger partial charge in [-0.25, -0.2) is 4.39 Å². The summed E-state index contributed by atoms with van der Waals surface area (Å²) in [6.45, 7) is 2.20. The van der Waals surface area contributed by atoms with Gasteiger partial charge in [-0.3, -0.25) is 4.98 Å². The molecule has 0 radical (unpaired) electrons. The van der Waals surface area contributed by atoms with Gasteiger partial charge < -0.3 is 10.1 Å². The molecule has 18 heavy (non-hydrogen) atoms. The molecule has 0 bridgehead atoms. The number of hydrogen-bond donors (Lipinski definition) is 1. The predicted octanol–water partition coefficient (Wildman–Crippen LogP) is 3.15. The van der Waals surface area contributed by atoms with E-state index in [2.05, 4.69) is 10.3 Å². The van der Waals surface area contributed by atoms with Gasteiger partial charge in [0.25, 0.3) is 0 Å². The molecule has 2 rings (SSSR count). The molecule has 0 amide bonds. The first-order chi connectivity index (χ1) is 8.69. The monoisotopic (exact) mass is 246 g/mol. The second-order valence-corrected chi connectivity index (χ2v) is 3.98. The van der Waals surface area contributed by atoms with Crippen molar-refractivity contribution >= 4 is 5.69 Å². The molecule has 1 heterocycles. The quantitative estimate of drug-likeness (QED) is 0.899. The molecule has 0 fully saturated rings. The Hall–Kier alpha value is -2.10. The number of ether oxygens (including phenoxy) is 1. The third-order valence-electron chi connectivity index (χ3n) is 2.63. The van der Waals surface area contributed by atoms with Gasteiger partial charge in [-0.1, -0.05) is 6.07 Å². The lowest BCUT2D eigenvalue weighted by Crippen LogP contribution is -2.00. The second kappa shape index (κ2) is 5.49. The van der Waals surface area contributed by atoms with Crippen molar-refractivity contribution in [3.63, 3.8) is 0 Å². The molecule has 0 spiro atoms. The van der Waals surface area contributed by atoms with E-state index in [4.69, 9.17) is 4.74 Å². The average Bonchev–Trinajstić information content (AvgIpc) is 2.40. The summed E-state index contributed by atoms with van der Waals surface area (Å²) in [6, 6.07) is 8.27. The van der Waals surface area contributed by atoms with Crippen molar-refractivity contribution in [1.82, 2.24) is 4.98 Å². The zero-order chi connectivity index (χ0) is 13.0. The lowest BCUT2D eigenvalue weighted by atomic mass is 10.2. The van der Waals surface area contributed by atoms with Crippen LogP contribution in [-0.2, 0) is 6.61 Å². The van der Waals surface area contributed by atoms with E-state index < -0.39 is 0 Å². The summed E-state index contributed by atoms with van der Waals surface area (Å²) in [5, 5.41) is 3.03. The van der Waals surface area contributed by atoms with E-state index in [1.807, 2.05) is 26.1 Å². The molecule has 2 aromatic rings. The standard InChI is InChI=1S/C14H15FN2O/c1-10-3-4-11(15)7-14(10)18-9-13-8-12(16-2)5-6-17-13/h3-8H,9H2,1-2H3,(H,16,17). The molecule has 0 saturated heterocycles. The smallest absolute Gasteiger partial charge is 0.130 e. The lowest BCUT2D eigenvalue weighted by molar-refractivity contribution is 0.298. The first-order valence-corrected chi connectivity index (χ1v) is 5.70. The summed E-state index contributed by atoms with van der Waals surface area (Å²) in [5.41, 5.74) is 2.67. The largest absolute Gasteiger partial charge is 0.487 e. The number of benzene rings is 1. The van der Waals surface area contributed by atoms with Crippen LogP contribution in [0.2, 0.25) is 0 Å². The molecular weight excluding hydrogens is 231 g/mol. The maximum Gasteiger partial charge on any atom is 0.130 e. The van der Waals surface area contributed by atoms with Gasteiger partial charge in [0.2, 0.25) is 0 Å². The fourth-order valence-electron chi connectivity index (χ4n) is 1.59. The minimum atomic E-state index is -0.299. The Balaban J connectivity index is 2.08. The summed E-state index contributed by atoms with van der Waals surface area (Å²) in [6.07, 6.45) is 1.71. The normalized spacial score (nSPS) is 10.2. The molecule has 1 N–H and O–H groups in total. The topological polar surface area (TPSA) is 34.2 Å². The van der Waals surface area contributed by atoms with Gasteiger partial charge in [-0.05, 0) is 30.7 Å². The van der Waals surface area contributed by atoms with Crippen molar-refractivity contribution in [1.29, 1.82) is 0 Å². The molecule has 0 saturated carbocycles. The third kappa shape index (κ3) is 2.97. The molecule has 0 aliphatic rings. The summed E-state index contributed by atoms with van der Waals surface area (Å²) >= 11 is 0. The van der Waals surface area contributed by atoms with E-state index >= 15 is 0 Å². The number of aromatic nitrogens is 1. The average molecular weight is 246 g/mol. The van der Waals surface area contributed by atoms with Gasteiger partial charge in [0.05, 0.1) is 5.69 Å². The van der Waals surface area contributed by atoms with Crippen LogP contribution < -0.4 is 10.1 Å². The minimum Gasteiger partial charge on any atom is -0.487 e. The summed E-state index contributed by atoms with van der Waals surface area (Å²) in [4.78, 5) is 4.20. The number of nitrogens with one attached hydrogen (secondary N) is 1. The molecule has 3 nitrogen and oxygen atoms in total. The Kier molecular flexibility index (Phi) is 3.77. The Bertz CT molecular complexity index is 543. The Labute approximate surface area is 106 Å². The molecule has 0 aliphatic heterocycles. The van der Waals surface area contributed by atoms with Gasteiger partial charge in [-0.15, -0.1) is 0 Å². The minimum absolute atomic E-state index is 0.299. The van der Waals surface area contributed by atoms with Crippen LogP contribution in [0.3, 0.4) is 0 Å². The Morgan fingerprint density at radius 3 is 2.89 bits per heavy atom. The summed E-state index contributed by atoms with van der Waals surface area (Å²) < 4.78 is 18.7. The van der Waals surface area contributed by atoms with Crippen molar-refractivity contribution in [2.24, 2.45) is 0 Å². The van der Waals surface area contributed by atoms with E-state index in [0.29, 0.717) is 12.4 Å². The van der Waals surface area contributed by atoms with E-state index in [9.17, 15) is 4.39 Å². The molecule has 4 heteroatoms. The Morgan fingerprint density at radius 1 is 1.28 bits per heavy atom. The summed E-state index contributed by atoms with van der Waals surface area (Å²) in [7, 11) is 1.84. The van der Waals surface area contributed by atoms with Crippen LogP contribution >= 0.6 is 0 Å². The number of aryl methyl sites for hydroxylation is 1. The number of pyridine rings is 1. The van der Waals surface area contributed by atoms with Crippen LogP contribution in [0.1, 0.15) is 11.3 Å². The van der Waals surface area contributed by atoms with Gasteiger partial charge in [0, 0.05) is 25.0 Å². The number of rotatable bonds is 4. The highest BCUT2D eigenvalue weighted by molar-refractivity contribution is 5.42. The van der Waals surface area contributed by atoms with Crippen LogP contribution in [0, 0.1) is 12.7 Å². The first-order valence-electron chi connectivity index (χ1n) is 5.70. The molecule has 0 unspecified atom stereocenters. The summed E-state index contributed by atoms with van der Waals surface area (Å²) in [5.74, 6) is 0.249. The molecular formula is C14H15FN2O. The van der Waals surface area contributed by atoms with E-state index in [1.54, 1.807) is 12.3 Å². The van der Waals surface area contributed by atoms with Crippen molar-refractivity contribution in [3.05, 3.63) is 53.6 Å². The molecule has 94 valence electrons. The van der Waals surface area contributed by atoms with Crippen LogP contribution in [0.5, 0.6) is 5.75 Å². The maximum absolute atomic E-state index is 13.1. The zero-order valence-corrected chi connectivity index (χ0v) is 10.4. The van der Waals surface area contributed by atoms with Gasteiger partial charge >= 0.3 is 0 Å². The number of anilines is 1. The molecule has 0 atom stereocenters. The van der Waals surface area contributed by atoms with Crippen molar-refractivity contribution in [2.45, 2.75) is 13.5 Å². The zero-order valence-electron chi connectivity index (χ0n) is 10.4. The van der Waals surface area contributed by atoms with Crippen molar-refractivity contribution in [3.8, 4) is 5.75 Å². The van der Waals surface area contributed by atoms with Crippen LogP contribution in [0.15, 0.2) is 36.5 Å². The van der Waals surface area contributed by atoms with Crippen LogP contribution in [0.4, 0.5) is 10.1 Å². The number of halogens is 1. The maximum atomic E-state index is 13.1. The number of nitrogens with zero attached hydrogens (tertiary/aromatic N) is 1. The first kappa shape index (κ1) is 12.4. The van der Waals surface area contributed by atoms with E-state index in [0.717, 1.165) is 16.9 Å². The van der Waals surface area contributed by atoms with Gasteiger partial charge in [-0.2, -0.15) is 0 Å². The van der Waals surface area contributed by atoms with Gasteiger partial charge in [0.1, 0.15) is 18.2 Å². The fourth-order valence-corrected chi connectivity index (χ4v) is 1.59. The highest BCUT2D eigenvalue weighted by Gasteiger charge is 2.03. The SMILES string of the molecule is CNc1ccnc(COc2cc(F)ccc2C)c1. The predicted molar refractivity (Wildman–Crippen MR) is 69.3 cm³/mol. The highest BCUT2D eigenvalue weighted by atomic mass is 19.1. The number of hydrogen-bond acceptors (Lipinski definition) is 3. The Morgan fingerprint density at radius 2 is 2.11 bits per heavy atom. The molecule has 1 aromatic carbocycles. The van der Waals surface area contributed by atoms with Crippen molar-refractivity contribution in [2.75, 3.05) is 12.4 Å². The van der Waals surface area contributed by atoms with Crippen molar-refractivity contribution < 1.29 is 9.13 Å². The van der Waals surface area contributed by atoms with Gasteiger partial charge in [0.15, 0.2) is 0 Å². The van der Waals surface area contributed by atoms with E-state index in [-0.39, 0.29) is 5.82 Å². The highest BCUT2D eigenvalue weighted by Crippen LogP contribution is 2.20. The second-order valence-electron chi connectivity index (χ2n) is 3.98. The molecule has 0 aliphatic carbocycles. The fraction of sp³-hybridized carbons (Fsp3) is 0.214. The van der Waals surface area contributed by atoms with E-state index in [1.165, 1.54) is 12.1 Å². The van der Waals surface area contributed by atoms with Crippen LogP contribution in [-0.4, -0.2) is 12.0 Å². The van der Waals surface area contributed by atoms with Crippen LogP contribution in [0.25, 0.3) is 0 Å². The molecule has 1 aromatic heterocycles.